The van der Waals surface area contributed by atoms with E-state index in [1.807, 2.05) is 0 Å². The molecular weight excluding hydrogens is 195 g/mol. The SMILES string of the molecule is CNc1cc(C(F)(F)F)ccc1CO. The second-order valence-corrected chi connectivity index (χ2v) is 2.78. The maximum atomic E-state index is 12.2. The number of aliphatic hydroxyl groups is 1. The quantitative estimate of drug-likeness (QED) is 0.776. The average Bonchev–Trinajstić information content (AvgIpc) is 2.15. The van der Waals surface area contributed by atoms with E-state index < -0.39 is 11.7 Å². The zero-order chi connectivity index (χ0) is 10.8. The summed E-state index contributed by atoms with van der Waals surface area (Å²) in [6.45, 7) is -0.283. The van der Waals surface area contributed by atoms with Gasteiger partial charge in [0.1, 0.15) is 0 Å². The molecule has 0 amide bonds. The van der Waals surface area contributed by atoms with Crippen LogP contribution in [0.15, 0.2) is 18.2 Å². The van der Waals surface area contributed by atoms with Gasteiger partial charge in [-0.15, -0.1) is 0 Å². The van der Waals surface area contributed by atoms with Crippen molar-refractivity contribution in [2.24, 2.45) is 0 Å². The Hall–Kier alpha value is -1.23. The highest BCUT2D eigenvalue weighted by Crippen LogP contribution is 2.31. The zero-order valence-corrected chi connectivity index (χ0v) is 7.52. The van der Waals surface area contributed by atoms with E-state index in [-0.39, 0.29) is 6.61 Å². The summed E-state index contributed by atoms with van der Waals surface area (Å²) >= 11 is 0. The Labute approximate surface area is 79.4 Å². The first-order valence-electron chi connectivity index (χ1n) is 3.97. The van der Waals surface area contributed by atoms with Crippen LogP contribution in [0, 0.1) is 0 Å². The maximum Gasteiger partial charge on any atom is 0.416 e. The summed E-state index contributed by atoms with van der Waals surface area (Å²) in [7, 11) is 1.51. The molecule has 5 heteroatoms. The predicted octanol–water partition coefficient (Wildman–Crippen LogP) is 2.24. The molecule has 0 aliphatic heterocycles. The number of nitrogens with one attached hydrogen (secondary N) is 1. The maximum absolute atomic E-state index is 12.2. The van der Waals surface area contributed by atoms with Crippen LogP contribution in [-0.4, -0.2) is 12.2 Å². The lowest BCUT2D eigenvalue weighted by atomic mass is 10.1. The molecule has 0 spiro atoms. The molecule has 14 heavy (non-hydrogen) atoms. The van der Waals surface area contributed by atoms with E-state index in [1.165, 1.54) is 13.1 Å². The van der Waals surface area contributed by atoms with Crippen LogP contribution in [0.5, 0.6) is 0 Å². The number of hydrogen-bond donors (Lipinski definition) is 2. The predicted molar refractivity (Wildman–Crippen MR) is 46.9 cm³/mol. The number of halogens is 3. The molecular formula is C9H10F3NO. The molecule has 0 atom stereocenters. The van der Waals surface area contributed by atoms with E-state index in [0.29, 0.717) is 11.3 Å². The molecule has 0 fully saturated rings. The molecule has 78 valence electrons. The van der Waals surface area contributed by atoms with Crippen molar-refractivity contribution in [3.63, 3.8) is 0 Å². The van der Waals surface area contributed by atoms with Crippen molar-refractivity contribution in [2.45, 2.75) is 12.8 Å². The van der Waals surface area contributed by atoms with Crippen molar-refractivity contribution in [2.75, 3.05) is 12.4 Å². The standard InChI is InChI=1S/C9H10F3NO/c1-13-8-4-7(9(10,11)12)3-2-6(8)5-14/h2-4,13-14H,5H2,1H3. The van der Waals surface area contributed by atoms with Crippen LogP contribution in [0.25, 0.3) is 0 Å². The monoisotopic (exact) mass is 205 g/mol. The number of alkyl halides is 3. The highest BCUT2D eigenvalue weighted by Gasteiger charge is 2.30. The smallest absolute Gasteiger partial charge is 0.392 e. The van der Waals surface area contributed by atoms with Crippen molar-refractivity contribution in [1.29, 1.82) is 0 Å². The van der Waals surface area contributed by atoms with E-state index >= 15 is 0 Å². The van der Waals surface area contributed by atoms with Crippen LogP contribution in [0.2, 0.25) is 0 Å². The van der Waals surface area contributed by atoms with Crippen molar-refractivity contribution >= 4 is 5.69 Å². The summed E-state index contributed by atoms with van der Waals surface area (Å²) in [5.74, 6) is 0. The molecule has 1 aromatic carbocycles. The normalized spacial score (nSPS) is 11.5. The Balaban J connectivity index is 3.14. The average molecular weight is 205 g/mol. The van der Waals surface area contributed by atoms with E-state index in [1.54, 1.807) is 0 Å². The highest BCUT2D eigenvalue weighted by molar-refractivity contribution is 5.53. The van der Waals surface area contributed by atoms with Crippen molar-refractivity contribution < 1.29 is 18.3 Å². The minimum Gasteiger partial charge on any atom is -0.392 e. The van der Waals surface area contributed by atoms with Gasteiger partial charge in [0.25, 0.3) is 0 Å². The van der Waals surface area contributed by atoms with E-state index in [0.717, 1.165) is 12.1 Å². The van der Waals surface area contributed by atoms with Gasteiger partial charge in [0.15, 0.2) is 0 Å². The van der Waals surface area contributed by atoms with Gasteiger partial charge in [-0.25, -0.2) is 0 Å². The lowest BCUT2D eigenvalue weighted by Crippen LogP contribution is -2.06. The van der Waals surface area contributed by atoms with Gasteiger partial charge < -0.3 is 10.4 Å². The molecule has 2 N–H and O–H groups in total. The Bertz CT molecular complexity index is 322. The lowest BCUT2D eigenvalue weighted by molar-refractivity contribution is -0.137. The molecule has 1 rings (SSSR count). The van der Waals surface area contributed by atoms with Crippen LogP contribution in [-0.2, 0) is 12.8 Å². The van der Waals surface area contributed by atoms with Gasteiger partial charge in [0.2, 0.25) is 0 Å². The fourth-order valence-electron chi connectivity index (χ4n) is 1.12. The third kappa shape index (κ3) is 2.17. The number of aliphatic hydroxyl groups excluding tert-OH is 1. The van der Waals surface area contributed by atoms with Crippen molar-refractivity contribution in [3.05, 3.63) is 29.3 Å². The summed E-state index contributed by atoms with van der Waals surface area (Å²) in [6, 6.07) is 3.19. The van der Waals surface area contributed by atoms with Gasteiger partial charge in [0, 0.05) is 18.3 Å². The van der Waals surface area contributed by atoms with E-state index in [9.17, 15) is 13.2 Å². The number of benzene rings is 1. The summed E-state index contributed by atoms with van der Waals surface area (Å²) in [5, 5.41) is 11.4. The molecule has 0 aromatic heterocycles. The Morgan fingerprint density at radius 3 is 2.43 bits per heavy atom. The topological polar surface area (TPSA) is 32.3 Å². The van der Waals surface area contributed by atoms with Gasteiger partial charge in [-0.3, -0.25) is 0 Å². The Kier molecular flexibility index (Phi) is 3.00. The van der Waals surface area contributed by atoms with Crippen LogP contribution in [0.1, 0.15) is 11.1 Å². The van der Waals surface area contributed by atoms with Gasteiger partial charge in [0.05, 0.1) is 12.2 Å². The van der Waals surface area contributed by atoms with Crippen LogP contribution in [0.4, 0.5) is 18.9 Å². The van der Waals surface area contributed by atoms with Gasteiger partial charge in [-0.1, -0.05) is 6.07 Å². The fourth-order valence-corrected chi connectivity index (χ4v) is 1.12. The van der Waals surface area contributed by atoms with E-state index in [4.69, 9.17) is 5.11 Å². The molecule has 0 radical (unpaired) electrons. The van der Waals surface area contributed by atoms with Gasteiger partial charge >= 0.3 is 6.18 Å². The first kappa shape index (κ1) is 10.8. The van der Waals surface area contributed by atoms with Gasteiger partial charge in [-0.05, 0) is 12.1 Å². The number of rotatable bonds is 2. The van der Waals surface area contributed by atoms with Crippen LogP contribution in [0.3, 0.4) is 0 Å². The van der Waals surface area contributed by atoms with Crippen molar-refractivity contribution in [3.8, 4) is 0 Å². The van der Waals surface area contributed by atoms with E-state index in [2.05, 4.69) is 5.32 Å². The Morgan fingerprint density at radius 2 is 2.00 bits per heavy atom. The molecule has 2 nitrogen and oxygen atoms in total. The first-order valence-corrected chi connectivity index (χ1v) is 3.97. The molecule has 0 aliphatic carbocycles. The highest BCUT2D eigenvalue weighted by atomic mass is 19.4. The molecule has 0 bridgehead atoms. The Morgan fingerprint density at radius 1 is 1.36 bits per heavy atom. The zero-order valence-electron chi connectivity index (χ0n) is 7.52. The summed E-state index contributed by atoms with van der Waals surface area (Å²) in [5.41, 5.74) is 0.0156. The van der Waals surface area contributed by atoms with Gasteiger partial charge in [-0.2, -0.15) is 13.2 Å². The second kappa shape index (κ2) is 3.88. The minimum atomic E-state index is -4.35. The summed E-state index contributed by atoms with van der Waals surface area (Å²) < 4.78 is 36.7. The minimum absolute atomic E-state index is 0.283. The van der Waals surface area contributed by atoms with Crippen molar-refractivity contribution in [1.82, 2.24) is 0 Å². The number of hydrogen-bond acceptors (Lipinski definition) is 2. The molecule has 0 aliphatic rings. The largest absolute Gasteiger partial charge is 0.416 e. The molecule has 0 saturated carbocycles. The summed E-state index contributed by atoms with van der Waals surface area (Å²) in [6.07, 6.45) is -4.35. The number of anilines is 1. The third-order valence-corrected chi connectivity index (χ3v) is 1.88. The molecule has 1 aromatic rings. The first-order chi connectivity index (χ1) is 6.49. The fraction of sp³-hybridized carbons (Fsp3) is 0.333. The third-order valence-electron chi connectivity index (χ3n) is 1.88. The second-order valence-electron chi connectivity index (χ2n) is 2.78. The van der Waals surface area contributed by atoms with Crippen LogP contribution < -0.4 is 5.32 Å². The molecule has 0 saturated heterocycles. The molecule has 0 heterocycles. The van der Waals surface area contributed by atoms with Crippen LogP contribution >= 0.6 is 0 Å². The molecule has 0 unspecified atom stereocenters. The summed E-state index contributed by atoms with van der Waals surface area (Å²) in [4.78, 5) is 0. The lowest BCUT2D eigenvalue weighted by Gasteiger charge is -2.11.